The molecule has 0 atom stereocenters. The van der Waals surface area contributed by atoms with Crippen molar-refractivity contribution < 1.29 is 4.74 Å². The largest absolute Gasteiger partial charge is 0.457 e. The number of rotatable bonds is 3. The van der Waals surface area contributed by atoms with Crippen molar-refractivity contribution in [1.82, 2.24) is 0 Å². The second-order valence-electron chi connectivity index (χ2n) is 6.22. The molecule has 0 unspecified atom stereocenters. The van der Waals surface area contributed by atoms with Crippen LogP contribution in [0.5, 0.6) is 11.5 Å². The summed E-state index contributed by atoms with van der Waals surface area (Å²) in [5.74, 6) is 2.10. The smallest absolute Gasteiger partial charge is 0.131 e. The fourth-order valence-electron chi connectivity index (χ4n) is 2.10. The van der Waals surface area contributed by atoms with Gasteiger partial charge in [0.1, 0.15) is 11.5 Å². The Bertz CT molecular complexity index is 644. The van der Waals surface area contributed by atoms with E-state index in [2.05, 4.69) is 55.8 Å². The van der Waals surface area contributed by atoms with E-state index < -0.39 is 0 Å². The van der Waals surface area contributed by atoms with Gasteiger partial charge in [-0.05, 0) is 47.7 Å². The zero-order valence-corrected chi connectivity index (χ0v) is 15.2. The number of aryl methyl sites for hydroxylation is 1. The molecule has 2 aromatic rings. The van der Waals surface area contributed by atoms with Crippen molar-refractivity contribution in [2.24, 2.45) is 0 Å². The number of halogens is 2. The van der Waals surface area contributed by atoms with E-state index >= 15 is 0 Å². The monoisotopic (exact) mass is 366 g/mol. The summed E-state index contributed by atoms with van der Waals surface area (Å²) in [4.78, 5) is 0. The first-order chi connectivity index (χ1) is 9.81. The van der Waals surface area contributed by atoms with E-state index in [0.717, 1.165) is 27.1 Å². The number of ether oxygens (including phenoxy) is 1. The normalized spacial score (nSPS) is 11.5. The third-order valence-corrected chi connectivity index (χ3v) is 4.21. The fourth-order valence-corrected chi connectivity index (χ4v) is 2.72. The summed E-state index contributed by atoms with van der Waals surface area (Å²) in [6.07, 6.45) is 0. The first-order valence-electron chi connectivity index (χ1n) is 6.94. The van der Waals surface area contributed by atoms with Crippen molar-refractivity contribution in [3.63, 3.8) is 0 Å². The molecule has 0 bridgehead atoms. The number of benzene rings is 2. The molecular weight excluding hydrogens is 348 g/mol. The van der Waals surface area contributed by atoms with Crippen LogP contribution in [-0.4, -0.2) is 0 Å². The summed E-state index contributed by atoms with van der Waals surface area (Å²) < 4.78 is 7.05. The van der Waals surface area contributed by atoms with Gasteiger partial charge >= 0.3 is 0 Å². The van der Waals surface area contributed by atoms with Crippen molar-refractivity contribution in [2.75, 3.05) is 0 Å². The lowest BCUT2D eigenvalue weighted by Crippen LogP contribution is -2.11. The Balaban J connectivity index is 2.32. The zero-order chi connectivity index (χ0) is 15.6. The quantitative estimate of drug-likeness (QED) is 0.556. The third-order valence-electron chi connectivity index (χ3n) is 3.43. The van der Waals surface area contributed by atoms with Gasteiger partial charge in [0, 0.05) is 10.0 Å². The van der Waals surface area contributed by atoms with Crippen LogP contribution in [0.1, 0.15) is 37.5 Å². The first kappa shape index (κ1) is 16.4. The molecule has 0 aromatic heterocycles. The van der Waals surface area contributed by atoms with Crippen LogP contribution in [0.2, 0.25) is 0 Å². The summed E-state index contributed by atoms with van der Waals surface area (Å²) in [6.45, 7) is 8.71. The molecule has 0 radical (unpaired) electrons. The molecule has 0 saturated carbocycles. The molecule has 0 N–H and O–H groups in total. The molecule has 0 aliphatic carbocycles. The van der Waals surface area contributed by atoms with Crippen LogP contribution in [0.25, 0.3) is 0 Å². The molecule has 1 nitrogen and oxygen atoms in total. The second kappa shape index (κ2) is 6.41. The molecule has 3 heteroatoms. The van der Waals surface area contributed by atoms with E-state index in [-0.39, 0.29) is 5.41 Å². The number of alkyl halides is 1. The van der Waals surface area contributed by atoms with Gasteiger partial charge in [0.05, 0.1) is 5.88 Å². The van der Waals surface area contributed by atoms with Gasteiger partial charge in [-0.2, -0.15) is 0 Å². The van der Waals surface area contributed by atoms with Gasteiger partial charge in [-0.3, -0.25) is 0 Å². The molecule has 0 aliphatic rings. The van der Waals surface area contributed by atoms with Crippen LogP contribution in [0.4, 0.5) is 0 Å². The molecule has 0 saturated heterocycles. The Labute approximate surface area is 140 Å². The van der Waals surface area contributed by atoms with E-state index in [1.165, 1.54) is 5.56 Å². The standard InChI is InChI=1S/C18H20BrClO/c1-12-9-14(18(2,3)4)5-7-16(12)21-17-8-6-15(19)10-13(17)11-20/h5-10H,11H2,1-4H3. The lowest BCUT2D eigenvalue weighted by atomic mass is 9.86. The maximum Gasteiger partial charge on any atom is 0.131 e. The highest BCUT2D eigenvalue weighted by Gasteiger charge is 2.15. The second-order valence-corrected chi connectivity index (χ2v) is 7.40. The molecule has 0 spiro atoms. The molecule has 21 heavy (non-hydrogen) atoms. The van der Waals surface area contributed by atoms with Gasteiger partial charge in [-0.15, -0.1) is 11.6 Å². The number of hydrogen-bond acceptors (Lipinski definition) is 1. The minimum absolute atomic E-state index is 0.141. The summed E-state index contributed by atoms with van der Waals surface area (Å²) >= 11 is 9.45. The first-order valence-corrected chi connectivity index (χ1v) is 8.27. The molecule has 2 rings (SSSR count). The topological polar surface area (TPSA) is 9.23 Å². The summed E-state index contributed by atoms with van der Waals surface area (Å²) in [7, 11) is 0. The Hall–Kier alpha value is -0.990. The fraction of sp³-hybridized carbons (Fsp3) is 0.333. The van der Waals surface area contributed by atoms with E-state index in [1.807, 2.05) is 24.3 Å². The molecule has 0 heterocycles. The highest BCUT2D eigenvalue weighted by Crippen LogP contribution is 2.33. The van der Waals surface area contributed by atoms with Gasteiger partial charge in [-0.25, -0.2) is 0 Å². The predicted molar refractivity (Wildman–Crippen MR) is 93.7 cm³/mol. The lowest BCUT2D eigenvalue weighted by molar-refractivity contribution is 0.473. The molecule has 2 aromatic carbocycles. The van der Waals surface area contributed by atoms with Gasteiger partial charge in [0.15, 0.2) is 0 Å². The summed E-state index contributed by atoms with van der Waals surface area (Å²) in [5, 5.41) is 0. The SMILES string of the molecule is Cc1cc(C(C)(C)C)ccc1Oc1ccc(Br)cc1CCl. The van der Waals surface area contributed by atoms with Gasteiger partial charge in [-0.1, -0.05) is 48.8 Å². The average Bonchev–Trinajstić information content (AvgIpc) is 2.41. The van der Waals surface area contributed by atoms with Crippen LogP contribution in [-0.2, 0) is 11.3 Å². The summed E-state index contributed by atoms with van der Waals surface area (Å²) in [5.41, 5.74) is 3.55. The summed E-state index contributed by atoms with van der Waals surface area (Å²) in [6, 6.07) is 12.2. The molecule has 0 amide bonds. The van der Waals surface area contributed by atoms with Gasteiger partial charge in [0.25, 0.3) is 0 Å². The van der Waals surface area contributed by atoms with Crippen molar-refractivity contribution >= 4 is 27.5 Å². The van der Waals surface area contributed by atoms with E-state index in [1.54, 1.807) is 0 Å². The van der Waals surface area contributed by atoms with Crippen LogP contribution in [0, 0.1) is 6.92 Å². The predicted octanol–water partition coefficient (Wildman–Crippen LogP) is 6.59. The van der Waals surface area contributed by atoms with E-state index in [9.17, 15) is 0 Å². The highest BCUT2D eigenvalue weighted by molar-refractivity contribution is 9.10. The molecule has 0 fully saturated rings. The Kier molecular flexibility index (Phi) is 5.00. The highest BCUT2D eigenvalue weighted by atomic mass is 79.9. The Morgan fingerprint density at radius 3 is 2.29 bits per heavy atom. The minimum atomic E-state index is 0.141. The third kappa shape index (κ3) is 4.02. The van der Waals surface area contributed by atoms with E-state index in [4.69, 9.17) is 16.3 Å². The van der Waals surface area contributed by atoms with Crippen molar-refractivity contribution in [3.8, 4) is 11.5 Å². The van der Waals surface area contributed by atoms with Crippen molar-refractivity contribution in [3.05, 3.63) is 57.6 Å². The molecule has 112 valence electrons. The average molecular weight is 368 g/mol. The van der Waals surface area contributed by atoms with Crippen LogP contribution < -0.4 is 4.74 Å². The Morgan fingerprint density at radius 2 is 1.71 bits per heavy atom. The molecular formula is C18H20BrClO. The van der Waals surface area contributed by atoms with Crippen LogP contribution in [0.15, 0.2) is 40.9 Å². The number of hydrogen-bond donors (Lipinski definition) is 0. The lowest BCUT2D eigenvalue weighted by Gasteiger charge is -2.21. The molecule has 0 aliphatic heterocycles. The maximum absolute atomic E-state index is 6.05. The van der Waals surface area contributed by atoms with Crippen LogP contribution >= 0.6 is 27.5 Å². The van der Waals surface area contributed by atoms with Crippen molar-refractivity contribution in [2.45, 2.75) is 39.0 Å². The van der Waals surface area contributed by atoms with Gasteiger partial charge in [0.2, 0.25) is 0 Å². The van der Waals surface area contributed by atoms with Crippen molar-refractivity contribution in [1.29, 1.82) is 0 Å². The minimum Gasteiger partial charge on any atom is -0.457 e. The van der Waals surface area contributed by atoms with E-state index in [0.29, 0.717) is 5.88 Å². The Morgan fingerprint density at radius 1 is 1.05 bits per heavy atom. The maximum atomic E-state index is 6.05. The zero-order valence-electron chi connectivity index (χ0n) is 12.8. The van der Waals surface area contributed by atoms with Gasteiger partial charge < -0.3 is 4.74 Å². The van der Waals surface area contributed by atoms with Crippen LogP contribution in [0.3, 0.4) is 0 Å².